The van der Waals surface area contributed by atoms with Gasteiger partial charge in [0.1, 0.15) is 11.4 Å². The van der Waals surface area contributed by atoms with Crippen LogP contribution in [0.25, 0.3) is 16.7 Å². The molecule has 1 unspecified atom stereocenters. The lowest BCUT2D eigenvalue weighted by molar-refractivity contribution is -0.768. The Balaban J connectivity index is 1.28. The third-order valence-corrected chi connectivity index (χ3v) is 7.50. The van der Waals surface area contributed by atoms with E-state index in [1.807, 2.05) is 0 Å². The number of hydrogen-bond acceptors (Lipinski definition) is 1. The SMILES string of the molecule is C[NH+](C1=CC(c2ccccc2)=CCC1)c1ccc(N(c2ccccc2)c2ccc(-c3ccccc3)cc2)cc1. The molecule has 1 atom stereocenters. The minimum absolute atomic E-state index is 1.08. The van der Waals surface area contributed by atoms with Crippen LogP contribution in [0, 0.1) is 0 Å². The second kappa shape index (κ2) is 11.4. The Hall–Kier alpha value is -4.66. The lowest BCUT2D eigenvalue weighted by atomic mass is 9.97. The van der Waals surface area contributed by atoms with Crippen molar-refractivity contribution in [3.63, 3.8) is 0 Å². The summed E-state index contributed by atoms with van der Waals surface area (Å²) >= 11 is 0. The van der Waals surface area contributed by atoms with Crippen molar-refractivity contribution in [2.45, 2.75) is 12.8 Å². The third-order valence-electron chi connectivity index (χ3n) is 7.50. The molecule has 1 aliphatic rings. The van der Waals surface area contributed by atoms with Crippen LogP contribution in [0.15, 0.2) is 157 Å². The van der Waals surface area contributed by atoms with Crippen molar-refractivity contribution < 1.29 is 4.90 Å². The van der Waals surface area contributed by atoms with Crippen LogP contribution in [0.3, 0.4) is 0 Å². The van der Waals surface area contributed by atoms with Crippen LogP contribution in [0.1, 0.15) is 18.4 Å². The Labute approximate surface area is 231 Å². The molecule has 6 rings (SSSR count). The van der Waals surface area contributed by atoms with Crippen LogP contribution in [-0.4, -0.2) is 7.05 Å². The average molecular weight is 506 g/mol. The number of nitrogens with one attached hydrogen (secondary N) is 1. The molecular weight excluding hydrogens is 472 g/mol. The Kier molecular flexibility index (Phi) is 7.20. The Morgan fingerprint density at radius 1 is 0.513 bits per heavy atom. The molecule has 2 heteroatoms. The predicted molar refractivity (Wildman–Crippen MR) is 165 cm³/mol. The highest BCUT2D eigenvalue weighted by molar-refractivity contribution is 5.79. The molecule has 0 heterocycles. The fourth-order valence-corrected chi connectivity index (χ4v) is 5.33. The number of benzene rings is 5. The molecule has 5 aromatic carbocycles. The first-order valence-corrected chi connectivity index (χ1v) is 13.7. The van der Waals surface area contributed by atoms with Crippen molar-refractivity contribution in [3.8, 4) is 11.1 Å². The molecule has 0 bridgehead atoms. The van der Waals surface area contributed by atoms with E-state index in [4.69, 9.17) is 0 Å². The second-order valence-corrected chi connectivity index (χ2v) is 9.99. The summed E-state index contributed by atoms with van der Waals surface area (Å²) in [5.74, 6) is 0. The number of allylic oxidation sites excluding steroid dienone is 4. The highest BCUT2D eigenvalue weighted by Gasteiger charge is 2.19. The van der Waals surface area contributed by atoms with Crippen molar-refractivity contribution in [1.82, 2.24) is 0 Å². The van der Waals surface area contributed by atoms with Gasteiger partial charge in [0.05, 0.1) is 7.05 Å². The predicted octanol–water partition coefficient (Wildman–Crippen LogP) is 8.73. The molecule has 2 nitrogen and oxygen atoms in total. The van der Waals surface area contributed by atoms with Gasteiger partial charge in [0.2, 0.25) is 0 Å². The number of quaternary nitrogens is 1. The summed E-state index contributed by atoms with van der Waals surface area (Å²) in [7, 11) is 2.26. The van der Waals surface area contributed by atoms with Gasteiger partial charge in [0, 0.05) is 41.7 Å². The first-order chi connectivity index (χ1) is 19.3. The summed E-state index contributed by atoms with van der Waals surface area (Å²) in [6.07, 6.45) is 6.88. The van der Waals surface area contributed by atoms with Gasteiger partial charge in [-0.2, -0.15) is 0 Å². The molecule has 0 fully saturated rings. The van der Waals surface area contributed by atoms with Crippen molar-refractivity contribution in [1.29, 1.82) is 0 Å². The van der Waals surface area contributed by atoms with E-state index in [1.54, 1.807) is 0 Å². The topological polar surface area (TPSA) is 7.68 Å². The zero-order valence-electron chi connectivity index (χ0n) is 22.3. The first-order valence-electron chi connectivity index (χ1n) is 13.7. The molecule has 0 amide bonds. The lowest BCUT2D eigenvalue weighted by Crippen LogP contribution is -3.02. The summed E-state index contributed by atoms with van der Waals surface area (Å²) in [5, 5.41) is 0. The first kappa shape index (κ1) is 24.7. The highest BCUT2D eigenvalue weighted by atomic mass is 15.1. The standard InChI is InChI=1S/C37H32N2/c1-38(37-19-11-16-32(28-37)30-14-7-3-8-15-30)33-24-26-36(27-25-33)39(34-17-9-4-10-18-34)35-22-20-31(21-23-35)29-12-5-2-6-13-29/h2-10,12-18,20-28H,11,19H2,1H3/p+1. The summed E-state index contributed by atoms with van der Waals surface area (Å²) in [4.78, 5) is 3.67. The molecule has 0 saturated heterocycles. The van der Waals surface area contributed by atoms with E-state index in [2.05, 4.69) is 164 Å². The van der Waals surface area contributed by atoms with E-state index in [1.165, 1.54) is 38.5 Å². The fraction of sp³-hybridized carbons (Fsp3) is 0.0811. The number of rotatable bonds is 7. The number of para-hydroxylation sites is 1. The van der Waals surface area contributed by atoms with E-state index in [0.717, 1.165) is 29.9 Å². The van der Waals surface area contributed by atoms with Crippen molar-refractivity contribution in [2.75, 3.05) is 11.9 Å². The number of nitrogens with zero attached hydrogens (tertiary/aromatic N) is 1. The lowest BCUT2D eigenvalue weighted by Gasteiger charge is -2.26. The van der Waals surface area contributed by atoms with Gasteiger partial charge < -0.3 is 4.90 Å². The largest absolute Gasteiger partial charge is 0.310 e. The van der Waals surface area contributed by atoms with Gasteiger partial charge in [0.25, 0.3) is 0 Å². The number of hydrogen-bond donors (Lipinski definition) is 1. The van der Waals surface area contributed by atoms with Crippen LogP contribution < -0.4 is 9.80 Å². The van der Waals surface area contributed by atoms with Crippen LogP contribution in [0.4, 0.5) is 22.7 Å². The van der Waals surface area contributed by atoms with E-state index in [0.29, 0.717) is 0 Å². The maximum atomic E-state index is 2.37. The molecule has 39 heavy (non-hydrogen) atoms. The summed E-state index contributed by atoms with van der Waals surface area (Å²) in [5.41, 5.74) is 11.2. The molecule has 0 saturated carbocycles. The quantitative estimate of drug-likeness (QED) is 0.232. The van der Waals surface area contributed by atoms with E-state index < -0.39 is 0 Å². The molecule has 1 N–H and O–H groups in total. The normalized spacial score (nSPS) is 13.8. The van der Waals surface area contributed by atoms with Gasteiger partial charge in [0.15, 0.2) is 0 Å². The fourth-order valence-electron chi connectivity index (χ4n) is 5.33. The van der Waals surface area contributed by atoms with Gasteiger partial charge in [-0.25, -0.2) is 0 Å². The second-order valence-electron chi connectivity index (χ2n) is 9.99. The molecule has 0 aromatic heterocycles. The van der Waals surface area contributed by atoms with Crippen LogP contribution in [-0.2, 0) is 0 Å². The third kappa shape index (κ3) is 5.47. The van der Waals surface area contributed by atoms with Gasteiger partial charge >= 0.3 is 0 Å². The van der Waals surface area contributed by atoms with Gasteiger partial charge in [-0.15, -0.1) is 0 Å². The number of anilines is 3. The zero-order valence-corrected chi connectivity index (χ0v) is 22.3. The van der Waals surface area contributed by atoms with Gasteiger partial charge in [-0.05, 0) is 65.1 Å². The smallest absolute Gasteiger partial charge is 0.135 e. The Morgan fingerprint density at radius 2 is 1.00 bits per heavy atom. The summed E-state index contributed by atoms with van der Waals surface area (Å²) in [6.45, 7) is 0. The average Bonchev–Trinajstić information content (AvgIpc) is 3.03. The van der Waals surface area contributed by atoms with E-state index in [-0.39, 0.29) is 0 Å². The van der Waals surface area contributed by atoms with Crippen molar-refractivity contribution >= 4 is 28.3 Å². The molecule has 190 valence electrons. The van der Waals surface area contributed by atoms with Crippen molar-refractivity contribution in [2.24, 2.45) is 0 Å². The zero-order chi connectivity index (χ0) is 26.4. The Morgan fingerprint density at radius 3 is 1.62 bits per heavy atom. The van der Waals surface area contributed by atoms with Gasteiger partial charge in [-0.1, -0.05) is 97.1 Å². The molecule has 0 aliphatic heterocycles. The van der Waals surface area contributed by atoms with E-state index >= 15 is 0 Å². The van der Waals surface area contributed by atoms with Crippen LogP contribution in [0.2, 0.25) is 0 Å². The van der Waals surface area contributed by atoms with Gasteiger partial charge in [-0.3, -0.25) is 4.90 Å². The Bertz CT molecular complexity index is 1570. The molecule has 5 aromatic rings. The highest BCUT2D eigenvalue weighted by Crippen LogP contribution is 2.36. The minimum Gasteiger partial charge on any atom is -0.310 e. The maximum absolute atomic E-state index is 2.37. The minimum atomic E-state index is 1.08. The van der Waals surface area contributed by atoms with Crippen molar-refractivity contribution in [3.05, 3.63) is 163 Å². The maximum Gasteiger partial charge on any atom is 0.135 e. The summed E-state index contributed by atoms with van der Waals surface area (Å²) < 4.78 is 0. The van der Waals surface area contributed by atoms with E-state index in [9.17, 15) is 0 Å². The van der Waals surface area contributed by atoms with Crippen LogP contribution in [0.5, 0.6) is 0 Å². The molecule has 0 radical (unpaired) electrons. The molecule has 0 spiro atoms. The van der Waals surface area contributed by atoms with Crippen LogP contribution >= 0.6 is 0 Å². The molecular formula is C37H33N2+. The monoisotopic (exact) mass is 505 g/mol. The summed E-state index contributed by atoms with van der Waals surface area (Å²) in [6, 6.07) is 49.7. The molecule has 1 aliphatic carbocycles.